The number of halogens is 1. The van der Waals surface area contributed by atoms with E-state index in [0.29, 0.717) is 18.7 Å². The average Bonchev–Trinajstić information content (AvgIpc) is 3.01. The highest BCUT2D eigenvalue weighted by atomic mass is 35.5. The van der Waals surface area contributed by atoms with Gasteiger partial charge in [0.1, 0.15) is 17.9 Å². The Morgan fingerprint density at radius 2 is 2.04 bits per heavy atom. The molecule has 1 fully saturated rings. The number of aryl methyl sites for hydroxylation is 1. The molecule has 2 N–H and O–H groups in total. The predicted molar refractivity (Wildman–Crippen MR) is 97.0 cm³/mol. The summed E-state index contributed by atoms with van der Waals surface area (Å²) in [4.78, 5) is 10.9. The van der Waals surface area contributed by atoms with Gasteiger partial charge < -0.3 is 15.2 Å². The Labute approximate surface area is 149 Å². The monoisotopic (exact) mass is 353 g/mol. The van der Waals surface area contributed by atoms with Gasteiger partial charge in [-0.3, -0.25) is 4.79 Å². The highest BCUT2D eigenvalue weighted by Gasteiger charge is 2.30. The van der Waals surface area contributed by atoms with E-state index in [9.17, 15) is 4.79 Å². The molecule has 24 heavy (non-hydrogen) atoms. The minimum absolute atomic E-state index is 0.119. The van der Waals surface area contributed by atoms with Gasteiger partial charge in [0, 0.05) is 18.0 Å². The van der Waals surface area contributed by atoms with E-state index in [-0.39, 0.29) is 6.10 Å². The number of aliphatic carboxylic acids is 1. The summed E-state index contributed by atoms with van der Waals surface area (Å²) in [5.41, 5.74) is 1.16. The van der Waals surface area contributed by atoms with E-state index in [1.807, 2.05) is 18.2 Å². The first kappa shape index (κ1) is 19.1. The fourth-order valence-corrected chi connectivity index (χ4v) is 3.34. The number of carbonyl (C=O) groups is 1. The van der Waals surface area contributed by atoms with E-state index in [0.717, 1.165) is 23.4 Å². The molecule has 2 atom stereocenters. The predicted octanol–water partition coefficient (Wildman–Crippen LogP) is 4.44. The summed E-state index contributed by atoms with van der Waals surface area (Å²) in [6, 6.07) is 5.30. The zero-order chi connectivity index (χ0) is 17.4. The van der Waals surface area contributed by atoms with Gasteiger partial charge in [-0.2, -0.15) is 0 Å². The van der Waals surface area contributed by atoms with Gasteiger partial charge in [0.25, 0.3) is 0 Å². The molecule has 1 heterocycles. The minimum Gasteiger partial charge on any atom is -0.489 e. The van der Waals surface area contributed by atoms with E-state index in [2.05, 4.69) is 12.2 Å². The number of rotatable bonds is 10. The molecule has 0 aromatic heterocycles. The molecule has 0 amide bonds. The van der Waals surface area contributed by atoms with Crippen molar-refractivity contribution >= 4 is 17.6 Å². The van der Waals surface area contributed by atoms with Crippen LogP contribution in [0.3, 0.4) is 0 Å². The largest absolute Gasteiger partial charge is 0.489 e. The summed E-state index contributed by atoms with van der Waals surface area (Å²) in [6.07, 6.45) is 8.99. The lowest BCUT2D eigenvalue weighted by molar-refractivity contribution is -0.139. The van der Waals surface area contributed by atoms with Crippen molar-refractivity contribution in [3.8, 4) is 5.75 Å². The molecule has 0 bridgehead atoms. The van der Waals surface area contributed by atoms with Crippen LogP contribution < -0.4 is 10.1 Å². The second kappa shape index (κ2) is 9.90. The van der Waals surface area contributed by atoms with Gasteiger partial charge in [0.05, 0.1) is 0 Å². The maximum Gasteiger partial charge on any atom is 0.320 e. The molecule has 0 unspecified atom stereocenters. The van der Waals surface area contributed by atoms with Crippen molar-refractivity contribution in [1.82, 2.24) is 5.32 Å². The normalized spacial score (nSPS) is 20.2. The number of carboxylic acids is 1. The molecule has 1 saturated heterocycles. The van der Waals surface area contributed by atoms with Crippen LogP contribution >= 0.6 is 11.6 Å². The maximum atomic E-state index is 10.9. The van der Waals surface area contributed by atoms with E-state index in [4.69, 9.17) is 21.4 Å². The summed E-state index contributed by atoms with van der Waals surface area (Å²) in [5.74, 6) is -0.113. The van der Waals surface area contributed by atoms with Crippen LogP contribution in [-0.4, -0.2) is 29.8 Å². The molecule has 0 aliphatic carbocycles. The number of hydrogen-bond acceptors (Lipinski definition) is 3. The van der Waals surface area contributed by atoms with Crippen LogP contribution in [0.4, 0.5) is 0 Å². The fraction of sp³-hybridized carbons (Fsp3) is 0.632. The van der Waals surface area contributed by atoms with Crippen molar-refractivity contribution in [2.45, 2.75) is 70.4 Å². The van der Waals surface area contributed by atoms with Gasteiger partial charge in [-0.15, -0.1) is 0 Å². The summed E-state index contributed by atoms with van der Waals surface area (Å²) in [6.45, 7) is 2.78. The first-order chi connectivity index (χ1) is 11.6. The van der Waals surface area contributed by atoms with Crippen molar-refractivity contribution in [2.24, 2.45) is 0 Å². The van der Waals surface area contributed by atoms with E-state index in [1.165, 1.54) is 32.1 Å². The van der Waals surface area contributed by atoms with Crippen molar-refractivity contribution in [3.63, 3.8) is 0 Å². The number of hydrogen-bond donors (Lipinski definition) is 2. The minimum atomic E-state index is -0.826. The second-order valence-corrected chi connectivity index (χ2v) is 6.95. The third-order valence-electron chi connectivity index (χ3n) is 4.52. The van der Waals surface area contributed by atoms with Crippen molar-refractivity contribution < 1.29 is 14.6 Å². The van der Waals surface area contributed by atoms with Crippen LogP contribution in [0.15, 0.2) is 18.2 Å². The number of ether oxygens (including phenoxy) is 1. The number of benzene rings is 1. The smallest absolute Gasteiger partial charge is 0.320 e. The van der Waals surface area contributed by atoms with Gasteiger partial charge in [-0.05, 0) is 30.5 Å². The summed E-state index contributed by atoms with van der Waals surface area (Å²) >= 11 is 6.37. The molecule has 4 nitrogen and oxygen atoms in total. The molecule has 5 heteroatoms. The molecule has 1 aromatic rings. The highest BCUT2D eigenvalue weighted by molar-refractivity contribution is 6.31. The van der Waals surface area contributed by atoms with Crippen LogP contribution in [-0.2, 0) is 11.2 Å². The molecular formula is C19H28ClNO3. The summed E-state index contributed by atoms with van der Waals surface area (Å²) in [5, 5.41) is 12.7. The molecule has 1 aliphatic heterocycles. The lowest BCUT2D eigenvalue weighted by Crippen LogP contribution is -2.30. The number of carboxylic acid groups (broad SMARTS) is 1. The van der Waals surface area contributed by atoms with Gasteiger partial charge in [0.2, 0.25) is 0 Å². The zero-order valence-corrected chi connectivity index (χ0v) is 15.1. The number of nitrogens with one attached hydrogen (secondary N) is 1. The van der Waals surface area contributed by atoms with E-state index < -0.39 is 12.0 Å². The van der Waals surface area contributed by atoms with E-state index in [1.54, 1.807) is 0 Å². The SMILES string of the molecule is CCCCCCCCc1ccc(O[C@@H]2CN[C@@H](C(=O)O)C2)cc1Cl. The van der Waals surface area contributed by atoms with Crippen LogP contribution in [0, 0.1) is 0 Å². The maximum absolute atomic E-state index is 10.9. The zero-order valence-electron chi connectivity index (χ0n) is 14.4. The quantitative estimate of drug-likeness (QED) is 0.610. The first-order valence-electron chi connectivity index (χ1n) is 9.01. The molecule has 0 spiro atoms. The molecule has 1 aliphatic rings. The van der Waals surface area contributed by atoms with Gasteiger partial charge in [-0.1, -0.05) is 56.7 Å². The third kappa shape index (κ3) is 5.99. The molecule has 134 valence electrons. The molecule has 0 saturated carbocycles. The van der Waals surface area contributed by atoms with Gasteiger partial charge >= 0.3 is 5.97 Å². The number of unbranched alkanes of at least 4 members (excludes halogenated alkanes) is 5. The second-order valence-electron chi connectivity index (χ2n) is 6.55. The van der Waals surface area contributed by atoms with Gasteiger partial charge in [0.15, 0.2) is 0 Å². The van der Waals surface area contributed by atoms with Crippen LogP contribution in [0.2, 0.25) is 5.02 Å². The van der Waals surface area contributed by atoms with Crippen LogP contribution in [0.5, 0.6) is 5.75 Å². The Morgan fingerprint density at radius 1 is 1.29 bits per heavy atom. The van der Waals surface area contributed by atoms with Crippen molar-refractivity contribution in [2.75, 3.05) is 6.54 Å². The summed E-state index contributed by atoms with van der Waals surface area (Å²) < 4.78 is 5.85. The molecular weight excluding hydrogens is 326 g/mol. The lowest BCUT2D eigenvalue weighted by atomic mass is 10.0. The van der Waals surface area contributed by atoms with Gasteiger partial charge in [-0.25, -0.2) is 0 Å². The van der Waals surface area contributed by atoms with Crippen LogP contribution in [0.25, 0.3) is 0 Å². The highest BCUT2D eigenvalue weighted by Crippen LogP contribution is 2.26. The Hall–Kier alpha value is -1.26. The fourth-order valence-electron chi connectivity index (χ4n) is 3.07. The molecule has 1 aromatic carbocycles. The van der Waals surface area contributed by atoms with Crippen molar-refractivity contribution in [3.05, 3.63) is 28.8 Å². The van der Waals surface area contributed by atoms with Crippen molar-refractivity contribution in [1.29, 1.82) is 0 Å². The molecule has 0 radical (unpaired) electrons. The van der Waals surface area contributed by atoms with E-state index >= 15 is 0 Å². The Balaban J connectivity index is 1.76. The Morgan fingerprint density at radius 3 is 2.71 bits per heavy atom. The average molecular weight is 354 g/mol. The first-order valence-corrected chi connectivity index (χ1v) is 9.39. The standard InChI is InChI=1S/C19H28ClNO3/c1-2-3-4-5-6-7-8-14-9-10-15(11-17(14)20)24-16-12-18(19(22)23)21-13-16/h9-11,16,18,21H,2-8,12-13H2,1H3,(H,22,23)/t16-,18+/m0/s1. The lowest BCUT2D eigenvalue weighted by Gasteiger charge is -2.14. The topological polar surface area (TPSA) is 58.6 Å². The molecule has 2 rings (SSSR count). The summed E-state index contributed by atoms with van der Waals surface area (Å²) in [7, 11) is 0. The van der Waals surface area contributed by atoms with Crippen LogP contribution in [0.1, 0.15) is 57.4 Å². The third-order valence-corrected chi connectivity index (χ3v) is 4.87. The Bertz CT molecular complexity index is 535. The Kier molecular flexibility index (Phi) is 7.86.